The Hall–Kier alpha value is -0.610. The molecule has 2 rings (SSSR count). The third kappa shape index (κ3) is 1.84. The van der Waals surface area contributed by atoms with Crippen molar-refractivity contribution in [3.8, 4) is 0 Å². The van der Waals surface area contributed by atoms with E-state index in [4.69, 9.17) is 14.6 Å². The highest BCUT2D eigenvalue weighted by Crippen LogP contribution is 2.30. The van der Waals surface area contributed by atoms with Crippen LogP contribution in [0.1, 0.15) is 19.3 Å². The number of carbonyl (C=O) groups is 1. The van der Waals surface area contributed by atoms with Gasteiger partial charge in [-0.1, -0.05) is 0 Å². The summed E-state index contributed by atoms with van der Waals surface area (Å²) >= 11 is 0. The number of aliphatic carboxylic acids is 1. The Morgan fingerprint density at radius 3 is 2.54 bits per heavy atom. The van der Waals surface area contributed by atoms with Gasteiger partial charge in [0.2, 0.25) is 0 Å². The van der Waals surface area contributed by atoms with E-state index in [2.05, 4.69) is 0 Å². The molecule has 3 atom stereocenters. The first-order valence-corrected chi connectivity index (χ1v) is 4.73. The van der Waals surface area contributed by atoms with Gasteiger partial charge in [0.1, 0.15) is 0 Å². The predicted molar refractivity (Wildman–Crippen MR) is 44.5 cm³/mol. The Labute approximate surface area is 76.8 Å². The molecule has 4 heteroatoms. The Kier molecular flexibility index (Phi) is 2.51. The summed E-state index contributed by atoms with van der Waals surface area (Å²) in [7, 11) is 0. The molecule has 1 N–H and O–H groups in total. The van der Waals surface area contributed by atoms with Crippen LogP contribution in [0.2, 0.25) is 0 Å². The largest absolute Gasteiger partial charge is 0.481 e. The van der Waals surface area contributed by atoms with Crippen molar-refractivity contribution in [3.05, 3.63) is 0 Å². The molecular weight excluding hydrogens is 172 g/mol. The molecule has 2 aliphatic rings. The molecule has 0 amide bonds. The van der Waals surface area contributed by atoms with Crippen LogP contribution in [0.4, 0.5) is 0 Å². The zero-order valence-corrected chi connectivity index (χ0v) is 7.44. The minimum atomic E-state index is -0.701. The monoisotopic (exact) mass is 186 g/mol. The molecular formula is C9H14O4. The first-order valence-electron chi connectivity index (χ1n) is 4.73. The fraction of sp³-hybridized carbons (Fsp3) is 0.889. The highest BCUT2D eigenvalue weighted by atomic mass is 16.6. The van der Waals surface area contributed by atoms with Crippen molar-refractivity contribution in [2.45, 2.75) is 31.5 Å². The van der Waals surface area contributed by atoms with E-state index in [-0.39, 0.29) is 18.1 Å². The zero-order valence-electron chi connectivity index (χ0n) is 7.44. The Morgan fingerprint density at radius 1 is 1.15 bits per heavy atom. The second kappa shape index (κ2) is 3.64. The van der Waals surface area contributed by atoms with Crippen molar-refractivity contribution < 1.29 is 19.4 Å². The standard InChI is InChI=1S/C9H14O4/c10-9(11)6-1-2-7-8(5-6)13-4-3-12-7/h6-8H,1-5H2,(H,10,11). The van der Waals surface area contributed by atoms with Gasteiger partial charge in [-0.2, -0.15) is 0 Å². The molecule has 0 bridgehead atoms. The number of carboxylic acid groups (broad SMARTS) is 1. The number of ether oxygens (including phenoxy) is 2. The SMILES string of the molecule is O=C(O)C1CCC2OCCOC2C1. The van der Waals surface area contributed by atoms with Crippen molar-refractivity contribution in [2.24, 2.45) is 5.92 Å². The quantitative estimate of drug-likeness (QED) is 0.653. The fourth-order valence-corrected chi connectivity index (χ4v) is 2.09. The van der Waals surface area contributed by atoms with Gasteiger partial charge < -0.3 is 14.6 Å². The maximum Gasteiger partial charge on any atom is 0.306 e. The summed E-state index contributed by atoms with van der Waals surface area (Å²) in [5.41, 5.74) is 0. The van der Waals surface area contributed by atoms with Gasteiger partial charge in [0.05, 0.1) is 31.3 Å². The van der Waals surface area contributed by atoms with Gasteiger partial charge in [0.25, 0.3) is 0 Å². The third-order valence-electron chi connectivity index (χ3n) is 2.83. The minimum Gasteiger partial charge on any atom is -0.481 e. The smallest absolute Gasteiger partial charge is 0.306 e. The van der Waals surface area contributed by atoms with Gasteiger partial charge in [-0.3, -0.25) is 4.79 Å². The lowest BCUT2D eigenvalue weighted by Crippen LogP contribution is -2.44. The van der Waals surface area contributed by atoms with Gasteiger partial charge in [-0.15, -0.1) is 0 Å². The lowest BCUT2D eigenvalue weighted by Gasteiger charge is -2.37. The molecule has 1 saturated carbocycles. The molecule has 0 aromatic rings. The summed E-state index contributed by atoms with van der Waals surface area (Å²) in [5.74, 6) is -0.935. The van der Waals surface area contributed by atoms with E-state index in [1.807, 2.05) is 0 Å². The molecule has 0 radical (unpaired) electrons. The summed E-state index contributed by atoms with van der Waals surface area (Å²) in [6.07, 6.45) is 2.31. The highest BCUT2D eigenvalue weighted by Gasteiger charge is 2.36. The van der Waals surface area contributed by atoms with Gasteiger partial charge in [0, 0.05) is 0 Å². The highest BCUT2D eigenvalue weighted by molar-refractivity contribution is 5.70. The lowest BCUT2D eigenvalue weighted by atomic mass is 9.85. The van der Waals surface area contributed by atoms with E-state index in [0.29, 0.717) is 19.6 Å². The molecule has 4 nitrogen and oxygen atoms in total. The van der Waals surface area contributed by atoms with Gasteiger partial charge >= 0.3 is 5.97 Å². The van der Waals surface area contributed by atoms with E-state index in [0.717, 1.165) is 12.8 Å². The molecule has 1 saturated heterocycles. The zero-order chi connectivity index (χ0) is 9.26. The number of rotatable bonds is 1. The average molecular weight is 186 g/mol. The van der Waals surface area contributed by atoms with E-state index in [1.165, 1.54) is 0 Å². The van der Waals surface area contributed by atoms with Crippen LogP contribution in [-0.2, 0) is 14.3 Å². The molecule has 0 spiro atoms. The Balaban J connectivity index is 1.95. The van der Waals surface area contributed by atoms with Crippen LogP contribution in [-0.4, -0.2) is 36.5 Å². The second-order valence-corrected chi connectivity index (χ2v) is 3.67. The predicted octanol–water partition coefficient (Wildman–Crippen LogP) is 0.655. The molecule has 0 aromatic heterocycles. The molecule has 74 valence electrons. The average Bonchev–Trinajstić information content (AvgIpc) is 2.17. The van der Waals surface area contributed by atoms with Crippen molar-refractivity contribution in [3.63, 3.8) is 0 Å². The second-order valence-electron chi connectivity index (χ2n) is 3.67. The normalized spacial score (nSPS) is 39.5. The third-order valence-corrected chi connectivity index (χ3v) is 2.83. The number of fused-ring (bicyclic) bond motifs is 1. The van der Waals surface area contributed by atoms with E-state index in [1.54, 1.807) is 0 Å². The lowest BCUT2D eigenvalue weighted by molar-refractivity contribution is -0.171. The van der Waals surface area contributed by atoms with E-state index >= 15 is 0 Å². The Morgan fingerprint density at radius 2 is 1.85 bits per heavy atom. The molecule has 1 aliphatic carbocycles. The maximum atomic E-state index is 10.7. The van der Waals surface area contributed by atoms with Crippen LogP contribution in [0.15, 0.2) is 0 Å². The molecule has 0 aromatic carbocycles. The molecule has 1 heterocycles. The van der Waals surface area contributed by atoms with E-state index < -0.39 is 5.97 Å². The van der Waals surface area contributed by atoms with Crippen LogP contribution in [0.5, 0.6) is 0 Å². The number of hydrogen-bond donors (Lipinski definition) is 1. The van der Waals surface area contributed by atoms with Crippen LogP contribution >= 0.6 is 0 Å². The molecule has 2 fully saturated rings. The van der Waals surface area contributed by atoms with Gasteiger partial charge in [-0.25, -0.2) is 0 Å². The summed E-state index contributed by atoms with van der Waals surface area (Å²) in [5, 5.41) is 8.83. The molecule has 1 aliphatic heterocycles. The van der Waals surface area contributed by atoms with Crippen LogP contribution < -0.4 is 0 Å². The van der Waals surface area contributed by atoms with E-state index in [9.17, 15) is 4.79 Å². The fourth-order valence-electron chi connectivity index (χ4n) is 2.09. The van der Waals surface area contributed by atoms with Crippen molar-refractivity contribution in [1.29, 1.82) is 0 Å². The minimum absolute atomic E-state index is 0.0172. The summed E-state index contributed by atoms with van der Waals surface area (Å²) in [6.45, 7) is 1.26. The summed E-state index contributed by atoms with van der Waals surface area (Å²) in [4.78, 5) is 10.7. The van der Waals surface area contributed by atoms with Crippen molar-refractivity contribution >= 4 is 5.97 Å². The van der Waals surface area contributed by atoms with Crippen LogP contribution in [0.3, 0.4) is 0 Å². The molecule has 13 heavy (non-hydrogen) atoms. The van der Waals surface area contributed by atoms with Crippen LogP contribution in [0, 0.1) is 5.92 Å². The Bertz CT molecular complexity index is 204. The number of carboxylic acids is 1. The first-order chi connectivity index (χ1) is 6.27. The van der Waals surface area contributed by atoms with Crippen molar-refractivity contribution in [2.75, 3.05) is 13.2 Å². The van der Waals surface area contributed by atoms with Crippen LogP contribution in [0.25, 0.3) is 0 Å². The maximum absolute atomic E-state index is 10.7. The van der Waals surface area contributed by atoms with Gasteiger partial charge in [-0.05, 0) is 19.3 Å². The summed E-state index contributed by atoms with van der Waals surface area (Å²) < 4.78 is 11.0. The first kappa shape index (κ1) is 8.97. The van der Waals surface area contributed by atoms with Gasteiger partial charge in [0.15, 0.2) is 0 Å². The number of hydrogen-bond acceptors (Lipinski definition) is 3. The topological polar surface area (TPSA) is 55.8 Å². The molecule has 3 unspecified atom stereocenters. The summed E-state index contributed by atoms with van der Waals surface area (Å²) in [6, 6.07) is 0. The van der Waals surface area contributed by atoms with Crippen molar-refractivity contribution in [1.82, 2.24) is 0 Å².